The maximum Gasteiger partial charge on any atom is 0.168 e. The van der Waals surface area contributed by atoms with Crippen molar-refractivity contribution in [3.8, 4) is 0 Å². The van der Waals surface area contributed by atoms with Gasteiger partial charge in [-0.05, 0) is 17.2 Å². The van der Waals surface area contributed by atoms with Crippen LogP contribution in [0, 0.1) is 0 Å². The summed E-state index contributed by atoms with van der Waals surface area (Å²) in [5, 5.41) is 0.653. The topological polar surface area (TPSA) is 17.1 Å². The Morgan fingerprint density at radius 1 is 0.938 bits per heavy atom. The van der Waals surface area contributed by atoms with Crippen molar-refractivity contribution in [1.82, 2.24) is 0 Å². The van der Waals surface area contributed by atoms with E-state index in [4.69, 9.17) is 11.6 Å². The Labute approximate surface area is 101 Å². The van der Waals surface area contributed by atoms with Crippen LogP contribution in [0.2, 0.25) is 5.02 Å². The van der Waals surface area contributed by atoms with Gasteiger partial charge >= 0.3 is 0 Å². The van der Waals surface area contributed by atoms with Gasteiger partial charge in [0.25, 0.3) is 0 Å². The molecule has 1 atom stereocenters. The van der Waals surface area contributed by atoms with E-state index in [1.165, 1.54) is 0 Å². The maximum atomic E-state index is 11.3. The molecule has 0 aliphatic carbocycles. The van der Waals surface area contributed by atoms with E-state index >= 15 is 0 Å². The normalized spacial score (nSPS) is 12.6. The molecule has 0 amide bonds. The summed E-state index contributed by atoms with van der Waals surface area (Å²) in [7, 11) is 0.0608. The van der Waals surface area contributed by atoms with Crippen LogP contribution in [-0.4, -0.2) is 0 Å². The summed E-state index contributed by atoms with van der Waals surface area (Å²) in [5.74, 6) is 0. The number of hydrogen-bond donors (Lipinski definition) is 0. The average molecular weight is 249 g/mol. The van der Waals surface area contributed by atoms with Crippen LogP contribution in [0.15, 0.2) is 54.6 Å². The summed E-state index contributed by atoms with van der Waals surface area (Å²) in [6.07, 6.45) is 0. The molecule has 0 aromatic heterocycles. The van der Waals surface area contributed by atoms with Gasteiger partial charge in [0.1, 0.15) is 0 Å². The monoisotopic (exact) mass is 248 g/mol. The minimum atomic E-state index is -0.185. The summed E-state index contributed by atoms with van der Waals surface area (Å²) in [6, 6.07) is 17.2. The summed E-state index contributed by atoms with van der Waals surface area (Å²) in [6.45, 7) is 0. The quantitative estimate of drug-likeness (QED) is 0.718. The Balaban J connectivity index is 2.45. The van der Waals surface area contributed by atoms with Crippen LogP contribution in [0.25, 0.3) is 0 Å². The zero-order chi connectivity index (χ0) is 11.4. The molecule has 2 aromatic carbocycles. The molecule has 2 aromatic rings. The highest BCUT2D eigenvalue weighted by Gasteiger charge is 2.16. The van der Waals surface area contributed by atoms with Gasteiger partial charge in [-0.15, -0.1) is 0 Å². The highest BCUT2D eigenvalue weighted by Crippen LogP contribution is 2.37. The first-order chi connectivity index (χ1) is 7.83. The number of halogens is 1. The minimum Gasteiger partial charge on any atom is -0.274 e. The van der Waals surface area contributed by atoms with Crippen molar-refractivity contribution in [3.05, 3.63) is 70.7 Å². The number of benzene rings is 2. The van der Waals surface area contributed by atoms with E-state index in [-0.39, 0.29) is 14.1 Å². The van der Waals surface area contributed by atoms with E-state index in [1.807, 2.05) is 54.6 Å². The first-order valence-corrected chi connectivity index (χ1v) is 6.20. The van der Waals surface area contributed by atoms with Gasteiger partial charge in [-0.25, -0.2) is 0 Å². The van der Waals surface area contributed by atoms with Crippen LogP contribution >= 0.6 is 20.1 Å². The summed E-state index contributed by atoms with van der Waals surface area (Å²) in [4.78, 5) is 0. The van der Waals surface area contributed by atoms with Crippen LogP contribution in [0.5, 0.6) is 0 Å². The lowest BCUT2D eigenvalue weighted by atomic mass is 10.0. The fourth-order valence-corrected chi connectivity index (χ4v) is 2.58. The van der Waals surface area contributed by atoms with Crippen molar-refractivity contribution >= 4 is 20.1 Å². The average Bonchev–Trinajstić information content (AvgIpc) is 2.34. The number of hydrogen-bond acceptors (Lipinski definition) is 1. The molecular formula is C13H10ClOP. The fourth-order valence-electron chi connectivity index (χ4n) is 1.63. The third-order valence-electron chi connectivity index (χ3n) is 2.42. The van der Waals surface area contributed by atoms with Gasteiger partial charge in [-0.1, -0.05) is 60.1 Å². The van der Waals surface area contributed by atoms with Gasteiger partial charge in [0.05, 0.1) is 5.66 Å². The number of rotatable bonds is 3. The highest BCUT2D eigenvalue weighted by atomic mass is 35.5. The molecule has 0 bridgehead atoms. The van der Waals surface area contributed by atoms with Crippen molar-refractivity contribution in [2.24, 2.45) is 0 Å². The van der Waals surface area contributed by atoms with Gasteiger partial charge < -0.3 is 0 Å². The molecule has 80 valence electrons. The standard InChI is InChI=1S/C13H10ClOP/c14-12-9-5-4-8-11(12)13(16-15)10-6-2-1-3-7-10/h1-9,13H. The minimum absolute atomic E-state index is 0.0608. The fraction of sp³-hybridized carbons (Fsp3) is 0.0769. The van der Waals surface area contributed by atoms with Gasteiger partial charge in [0, 0.05) is 5.02 Å². The second-order valence-electron chi connectivity index (χ2n) is 3.44. The molecule has 0 fully saturated rings. The van der Waals surface area contributed by atoms with Gasteiger partial charge in [0.2, 0.25) is 0 Å². The van der Waals surface area contributed by atoms with E-state index < -0.39 is 0 Å². The van der Waals surface area contributed by atoms with Crippen molar-refractivity contribution < 1.29 is 4.57 Å². The Kier molecular flexibility index (Phi) is 3.71. The molecule has 0 heterocycles. The van der Waals surface area contributed by atoms with Crippen molar-refractivity contribution in [3.63, 3.8) is 0 Å². The van der Waals surface area contributed by atoms with Crippen LogP contribution in [0.3, 0.4) is 0 Å². The molecule has 3 heteroatoms. The summed E-state index contributed by atoms with van der Waals surface area (Å²) in [5.41, 5.74) is 1.72. The van der Waals surface area contributed by atoms with Crippen molar-refractivity contribution in [2.45, 2.75) is 5.66 Å². The lowest BCUT2D eigenvalue weighted by Crippen LogP contribution is -1.93. The van der Waals surface area contributed by atoms with E-state index in [0.717, 1.165) is 11.1 Å². The van der Waals surface area contributed by atoms with Crippen molar-refractivity contribution in [2.75, 3.05) is 0 Å². The largest absolute Gasteiger partial charge is 0.274 e. The Morgan fingerprint density at radius 2 is 1.56 bits per heavy atom. The molecule has 0 radical (unpaired) electrons. The molecule has 1 unspecified atom stereocenters. The second-order valence-corrected chi connectivity index (χ2v) is 4.57. The molecule has 2 rings (SSSR count). The first kappa shape index (κ1) is 11.3. The SMILES string of the molecule is O=PC(c1ccccc1)c1ccccc1Cl. The third-order valence-corrected chi connectivity index (χ3v) is 3.55. The summed E-state index contributed by atoms with van der Waals surface area (Å²) >= 11 is 6.10. The molecule has 0 aliphatic heterocycles. The van der Waals surface area contributed by atoms with Crippen LogP contribution in [0.4, 0.5) is 0 Å². The molecular weight excluding hydrogens is 239 g/mol. The predicted molar refractivity (Wildman–Crippen MR) is 67.3 cm³/mol. The van der Waals surface area contributed by atoms with Crippen LogP contribution < -0.4 is 0 Å². The van der Waals surface area contributed by atoms with E-state index in [1.54, 1.807) is 0 Å². The smallest absolute Gasteiger partial charge is 0.168 e. The van der Waals surface area contributed by atoms with E-state index in [9.17, 15) is 4.57 Å². The van der Waals surface area contributed by atoms with E-state index in [0.29, 0.717) is 5.02 Å². The Morgan fingerprint density at radius 3 is 2.19 bits per heavy atom. The molecule has 0 N–H and O–H groups in total. The third kappa shape index (κ3) is 2.32. The molecule has 0 saturated carbocycles. The molecule has 0 spiro atoms. The second kappa shape index (κ2) is 5.25. The van der Waals surface area contributed by atoms with Gasteiger partial charge in [-0.2, -0.15) is 0 Å². The lowest BCUT2D eigenvalue weighted by Gasteiger charge is -2.11. The summed E-state index contributed by atoms with van der Waals surface area (Å²) < 4.78 is 11.3. The van der Waals surface area contributed by atoms with Gasteiger partial charge in [0.15, 0.2) is 8.46 Å². The molecule has 16 heavy (non-hydrogen) atoms. The Bertz CT molecular complexity index is 484. The Hall–Kier alpha value is -1.17. The molecule has 0 aliphatic rings. The zero-order valence-corrected chi connectivity index (χ0v) is 10.2. The van der Waals surface area contributed by atoms with Gasteiger partial charge in [-0.3, -0.25) is 4.57 Å². The molecule has 1 nitrogen and oxygen atoms in total. The lowest BCUT2D eigenvalue weighted by molar-refractivity contribution is 0.595. The first-order valence-electron chi connectivity index (χ1n) is 4.95. The molecule has 0 saturated heterocycles. The van der Waals surface area contributed by atoms with Crippen molar-refractivity contribution in [1.29, 1.82) is 0 Å². The predicted octanol–water partition coefficient (Wildman–Crippen LogP) is 4.72. The van der Waals surface area contributed by atoms with E-state index in [2.05, 4.69) is 0 Å². The zero-order valence-electron chi connectivity index (χ0n) is 8.51. The maximum absolute atomic E-state index is 11.3. The highest BCUT2D eigenvalue weighted by molar-refractivity contribution is 7.24. The van der Waals surface area contributed by atoms with Crippen LogP contribution in [-0.2, 0) is 4.57 Å². The van der Waals surface area contributed by atoms with Crippen LogP contribution in [0.1, 0.15) is 16.8 Å².